The van der Waals surface area contributed by atoms with Crippen LogP contribution in [0.5, 0.6) is 0 Å². The summed E-state index contributed by atoms with van der Waals surface area (Å²) < 4.78 is 13.1. The number of halogens is 2. The number of rotatable bonds is 4. The summed E-state index contributed by atoms with van der Waals surface area (Å²) in [6.45, 7) is 5.95. The Morgan fingerprint density at radius 3 is 2.21 bits per heavy atom. The Kier molecular flexibility index (Phi) is 3.08. The molecule has 2 heterocycles. The second-order valence-electron chi connectivity index (χ2n) is 4.42. The zero-order valence-electron chi connectivity index (χ0n) is 8.77. The Balaban J connectivity index is 1.92. The molecule has 0 aromatic carbocycles. The molecule has 0 aromatic rings. The second-order valence-corrected chi connectivity index (χ2v) is 11.4. The number of fused-ring (bicyclic) bond motifs is 1. The molecule has 14 heavy (non-hydrogen) atoms. The van der Waals surface area contributed by atoms with Gasteiger partial charge in [0.1, 0.15) is 0 Å². The van der Waals surface area contributed by atoms with E-state index in [1.165, 1.54) is 0 Å². The Morgan fingerprint density at radius 1 is 1.43 bits per heavy atom. The van der Waals surface area contributed by atoms with Crippen LogP contribution >= 0.6 is 20.4 Å². The van der Waals surface area contributed by atoms with Crippen molar-refractivity contribution < 1.29 is 31.0 Å². The second kappa shape index (κ2) is 3.66. The van der Waals surface area contributed by atoms with Crippen LogP contribution in [0.25, 0.3) is 0 Å². The van der Waals surface area contributed by atoms with E-state index in [4.69, 9.17) is 4.74 Å². The molecule has 0 aromatic heterocycles. The van der Waals surface area contributed by atoms with Crippen LogP contribution in [0.15, 0.2) is 0 Å². The van der Waals surface area contributed by atoms with Gasteiger partial charge in [0.25, 0.3) is 0 Å². The summed E-state index contributed by atoms with van der Waals surface area (Å²) >= 11 is -0.926. The maximum absolute atomic E-state index is 10.00. The number of nitrogens with one attached hydrogen (secondary N) is 2. The van der Waals surface area contributed by atoms with Crippen LogP contribution in [0.3, 0.4) is 0 Å². The molecule has 2 atom stereocenters. The Bertz CT molecular complexity index is 238. The molecule has 2 unspecified atom stereocenters. The van der Waals surface area contributed by atoms with Crippen molar-refractivity contribution >= 4 is 20.4 Å². The third kappa shape index (κ3) is 2.19. The quantitative estimate of drug-likeness (QED) is 0.115. The van der Waals surface area contributed by atoms with Gasteiger partial charge in [0.05, 0.1) is 0 Å². The molecule has 2 rings (SSSR count). The number of aliphatic hydroxyl groups is 1. The van der Waals surface area contributed by atoms with Gasteiger partial charge in [0.2, 0.25) is 0 Å². The number of hydrogen-bond donors (Lipinski definition) is 3. The van der Waals surface area contributed by atoms with Gasteiger partial charge in [0.15, 0.2) is 0 Å². The van der Waals surface area contributed by atoms with Crippen molar-refractivity contribution in [3.63, 3.8) is 0 Å². The molecule has 0 aliphatic carbocycles. The summed E-state index contributed by atoms with van der Waals surface area (Å²) in [5.74, 6) is 0. The van der Waals surface area contributed by atoms with Crippen LogP contribution in [0.2, 0.25) is 0 Å². The standard InChI is InChI=1S/C8H17I2N2O2/c1-7(2,3)14-6(13)5(9-4)8-10(11-8)12-8/h5-6,11-13H,1-4H3/q-1. The summed E-state index contributed by atoms with van der Waals surface area (Å²) in [6.07, 6.45) is -0.599. The summed E-state index contributed by atoms with van der Waals surface area (Å²) in [6, 6.07) is 0. The number of alkyl halides is 3. The van der Waals surface area contributed by atoms with Crippen molar-refractivity contribution in [1.29, 1.82) is 0 Å². The molecule has 0 saturated carbocycles. The minimum absolute atomic E-state index is 0.0000852. The van der Waals surface area contributed by atoms with Crippen LogP contribution < -0.4 is 28.3 Å². The van der Waals surface area contributed by atoms with Gasteiger partial charge in [-0.05, 0) is 0 Å². The third-order valence-electron chi connectivity index (χ3n) is 2.03. The van der Waals surface area contributed by atoms with Crippen molar-refractivity contribution in [2.45, 2.75) is 40.3 Å². The third-order valence-corrected chi connectivity index (χ3v) is 10.7. The predicted molar refractivity (Wildman–Crippen MR) is 59.6 cm³/mol. The van der Waals surface area contributed by atoms with Gasteiger partial charge in [-0.1, -0.05) is 0 Å². The number of hydrogen-bond acceptors (Lipinski definition) is 4. The van der Waals surface area contributed by atoms with E-state index in [1.807, 2.05) is 20.8 Å². The van der Waals surface area contributed by atoms with Crippen LogP contribution in [0.4, 0.5) is 0 Å². The van der Waals surface area contributed by atoms with Gasteiger partial charge in [0, 0.05) is 0 Å². The first kappa shape index (κ1) is 11.8. The molecule has 0 amide bonds. The van der Waals surface area contributed by atoms with Gasteiger partial charge in [-0.25, -0.2) is 0 Å². The van der Waals surface area contributed by atoms with Gasteiger partial charge < -0.3 is 0 Å². The van der Waals surface area contributed by atoms with Gasteiger partial charge in [-0.15, -0.1) is 0 Å². The van der Waals surface area contributed by atoms with E-state index >= 15 is 0 Å². The summed E-state index contributed by atoms with van der Waals surface area (Å²) in [7, 11) is 0. The molecule has 86 valence electrons. The minimum atomic E-state index is -0.926. The van der Waals surface area contributed by atoms with Crippen LogP contribution in [-0.4, -0.2) is 29.5 Å². The summed E-state index contributed by atoms with van der Waals surface area (Å²) in [5, 5.41) is 10.00. The fourth-order valence-electron chi connectivity index (χ4n) is 1.32. The van der Waals surface area contributed by atoms with Gasteiger partial charge >= 0.3 is 104 Å². The molecule has 2 aliphatic heterocycles. The van der Waals surface area contributed by atoms with Crippen LogP contribution in [-0.2, 0) is 4.74 Å². The molecular formula is C8H17I2N2O2-. The number of ether oxygens (including phenoxy) is 1. The Hall–Kier alpha value is 1.30. The summed E-state index contributed by atoms with van der Waals surface area (Å²) in [5.41, 5.74) is -0.254. The first-order valence-corrected chi connectivity index (χ1v) is 11.1. The average molecular weight is 427 g/mol. The van der Waals surface area contributed by atoms with E-state index in [0.29, 0.717) is 3.92 Å². The SMILES string of the molecule is C[I-]C(C(O)OC(C)(C)C)C12NI1N2. The molecule has 2 saturated heterocycles. The topological polar surface area (TPSA) is 73.3 Å². The van der Waals surface area contributed by atoms with Crippen LogP contribution in [0, 0.1) is 0 Å². The molecule has 2 aliphatic rings. The van der Waals surface area contributed by atoms with E-state index in [2.05, 4.69) is 12.0 Å². The van der Waals surface area contributed by atoms with Gasteiger partial charge in [-0.3, -0.25) is 0 Å². The Labute approximate surface area is 103 Å². The van der Waals surface area contributed by atoms with Crippen molar-refractivity contribution in [2.24, 2.45) is 0 Å². The summed E-state index contributed by atoms with van der Waals surface area (Å²) in [4.78, 5) is 2.21. The first-order valence-electron chi connectivity index (χ1n) is 4.48. The maximum atomic E-state index is 10.00. The zero-order valence-corrected chi connectivity index (χ0v) is 13.1. The van der Waals surface area contributed by atoms with Crippen molar-refractivity contribution in [3.8, 4) is 0 Å². The zero-order chi connectivity index (χ0) is 10.6. The van der Waals surface area contributed by atoms with E-state index in [9.17, 15) is 5.11 Å². The molecule has 6 heteroatoms. The molecule has 3 N–H and O–H groups in total. The van der Waals surface area contributed by atoms with Crippen LogP contribution in [0.1, 0.15) is 20.8 Å². The van der Waals surface area contributed by atoms with Gasteiger partial charge in [-0.2, -0.15) is 0 Å². The fraction of sp³-hybridized carbons (Fsp3) is 1.00. The monoisotopic (exact) mass is 427 g/mol. The normalized spacial score (nSPS) is 29.6. The Morgan fingerprint density at radius 2 is 1.93 bits per heavy atom. The first-order chi connectivity index (χ1) is 6.39. The molecule has 0 bridgehead atoms. The van der Waals surface area contributed by atoms with Crippen molar-refractivity contribution in [1.82, 2.24) is 7.06 Å². The molecule has 2 fully saturated rings. The van der Waals surface area contributed by atoms with Crippen molar-refractivity contribution in [2.75, 3.05) is 4.93 Å². The predicted octanol–water partition coefficient (Wildman–Crippen LogP) is -2.60. The average Bonchev–Trinajstić information content (AvgIpc) is 2.71. The molecule has 4 nitrogen and oxygen atoms in total. The van der Waals surface area contributed by atoms with E-state index in [0.717, 1.165) is 0 Å². The molecule has 0 radical (unpaired) electrons. The molecule has 0 spiro atoms. The fourth-order valence-corrected chi connectivity index (χ4v) is 11.9. The van der Waals surface area contributed by atoms with E-state index in [-0.39, 0.29) is 30.5 Å². The molecular weight excluding hydrogens is 410 g/mol. The van der Waals surface area contributed by atoms with E-state index < -0.39 is 26.7 Å². The van der Waals surface area contributed by atoms with E-state index in [1.54, 1.807) is 0 Å². The number of aliphatic hydroxyl groups excluding tert-OH is 1. The van der Waals surface area contributed by atoms with Crippen molar-refractivity contribution in [3.05, 3.63) is 0 Å².